The normalized spacial score (nSPS) is 14.8. The Balaban J connectivity index is 1.40. The highest BCUT2D eigenvalue weighted by Crippen LogP contribution is 2.39. The molecule has 0 N–H and O–H groups in total. The van der Waals surface area contributed by atoms with Crippen molar-refractivity contribution in [3.63, 3.8) is 0 Å². The fourth-order valence-corrected chi connectivity index (χ4v) is 4.37. The Hall–Kier alpha value is -3.96. The number of hydrogen-bond donors (Lipinski definition) is 0. The first-order valence-corrected chi connectivity index (χ1v) is 11.7. The van der Waals surface area contributed by atoms with Crippen molar-refractivity contribution in [2.24, 2.45) is 0 Å². The third kappa shape index (κ3) is 4.50. The summed E-state index contributed by atoms with van der Waals surface area (Å²) in [7, 11) is 0. The van der Waals surface area contributed by atoms with Gasteiger partial charge in [-0.25, -0.2) is 18.9 Å². The summed E-state index contributed by atoms with van der Waals surface area (Å²) in [6, 6.07) is 11.3. The molecule has 1 aliphatic rings. The van der Waals surface area contributed by atoms with E-state index >= 15 is 0 Å². The number of rotatable bonds is 7. The van der Waals surface area contributed by atoms with E-state index in [-0.39, 0.29) is 16.6 Å². The Morgan fingerprint density at radius 1 is 1.14 bits per heavy atom. The first-order valence-electron chi connectivity index (χ1n) is 11.3. The molecule has 1 fully saturated rings. The monoisotopic (exact) mass is 506 g/mol. The molecule has 4 rings (SSSR count). The molecule has 184 valence electrons. The molecule has 1 aliphatic heterocycles. The number of nitrogens with zero attached hydrogens (tertiary/aromatic N) is 4. The van der Waals surface area contributed by atoms with E-state index in [1.807, 2.05) is 0 Å². The minimum atomic E-state index is -1.05. The molecule has 2 aromatic carbocycles. The van der Waals surface area contributed by atoms with Gasteiger partial charge in [-0.15, -0.1) is 0 Å². The summed E-state index contributed by atoms with van der Waals surface area (Å²) in [5, 5.41) is 0.227. The lowest BCUT2D eigenvalue weighted by Gasteiger charge is -2.27. The Bertz CT molecular complexity index is 1370. The molecule has 2 heterocycles. The molecule has 1 aromatic heterocycles. The topological polar surface area (TPSA) is 67.1 Å². The lowest BCUT2D eigenvalue weighted by molar-refractivity contribution is -0.123. The molecule has 7 nitrogen and oxygen atoms in total. The maximum Gasteiger partial charge on any atom is 0.332 e. The minimum absolute atomic E-state index is 0.227. The number of carbonyl (C=O) groups excluding carboxylic acids is 2. The summed E-state index contributed by atoms with van der Waals surface area (Å²) >= 11 is 6.28. The van der Waals surface area contributed by atoms with Crippen molar-refractivity contribution in [3.05, 3.63) is 82.7 Å². The van der Waals surface area contributed by atoms with Crippen molar-refractivity contribution in [2.45, 2.75) is 32.7 Å². The average Bonchev–Trinajstić information content (AvgIpc) is 3.03. The van der Waals surface area contributed by atoms with Crippen molar-refractivity contribution in [1.82, 2.24) is 9.88 Å². The van der Waals surface area contributed by atoms with Gasteiger partial charge in [-0.05, 0) is 62.6 Å². The smallest absolute Gasteiger partial charge is 0.332 e. The second kappa shape index (κ2) is 9.96. The van der Waals surface area contributed by atoms with E-state index in [1.165, 1.54) is 23.4 Å². The second-order valence-corrected chi connectivity index (χ2v) is 9.25. The Labute approximate surface area is 213 Å². The zero-order chi connectivity index (χ0) is 26.0. The predicted molar refractivity (Wildman–Crippen MR) is 136 cm³/mol. The largest absolute Gasteiger partial charge is 0.494 e. The van der Waals surface area contributed by atoms with Crippen LogP contribution in [0.1, 0.15) is 25.8 Å². The van der Waals surface area contributed by atoms with E-state index in [4.69, 9.17) is 22.9 Å². The van der Waals surface area contributed by atoms with E-state index in [1.54, 1.807) is 57.2 Å². The van der Waals surface area contributed by atoms with Gasteiger partial charge < -0.3 is 9.64 Å². The van der Waals surface area contributed by atoms with Crippen LogP contribution in [0.15, 0.2) is 54.9 Å². The minimum Gasteiger partial charge on any atom is -0.494 e. The lowest BCUT2D eigenvalue weighted by atomic mass is 10.0. The fourth-order valence-electron chi connectivity index (χ4n) is 4.17. The molecule has 0 atom stereocenters. The first-order chi connectivity index (χ1) is 17.2. The van der Waals surface area contributed by atoms with Gasteiger partial charge in [-0.1, -0.05) is 29.8 Å². The van der Waals surface area contributed by atoms with Gasteiger partial charge in [-0.2, -0.15) is 0 Å². The van der Waals surface area contributed by atoms with Crippen LogP contribution in [-0.4, -0.2) is 40.5 Å². The molecule has 3 amide bonds. The number of benzene rings is 2. The van der Waals surface area contributed by atoms with Crippen LogP contribution in [-0.2, 0) is 4.79 Å². The van der Waals surface area contributed by atoms with E-state index < -0.39 is 17.4 Å². The van der Waals surface area contributed by atoms with Crippen molar-refractivity contribution in [3.8, 4) is 16.9 Å². The van der Waals surface area contributed by atoms with Crippen LogP contribution < -0.4 is 9.64 Å². The number of amides is 3. The summed E-state index contributed by atoms with van der Waals surface area (Å²) in [6.07, 6.45) is 3.20. The number of imide groups is 1. The highest BCUT2D eigenvalue weighted by Gasteiger charge is 2.51. The van der Waals surface area contributed by atoms with Gasteiger partial charge in [0.05, 0.1) is 30.1 Å². The van der Waals surface area contributed by atoms with Gasteiger partial charge in [0.1, 0.15) is 17.1 Å². The molecule has 3 aromatic rings. The SMILES string of the molecule is [C-]#[N+]c1ccc(N2C(=O)N(CCCOc3ccc(-c4ccncc4F)cc3)C(C)(C)C2=O)c(C)c1Cl. The Kier molecular flexibility index (Phi) is 6.95. The summed E-state index contributed by atoms with van der Waals surface area (Å²) < 4.78 is 19.7. The molecule has 0 unspecified atom stereocenters. The van der Waals surface area contributed by atoms with Gasteiger partial charge in [0, 0.05) is 18.3 Å². The molecule has 9 heteroatoms. The van der Waals surface area contributed by atoms with Crippen LogP contribution in [0.25, 0.3) is 16.0 Å². The maximum absolute atomic E-state index is 13.9. The maximum atomic E-state index is 13.9. The quantitative estimate of drug-likeness (QED) is 0.211. The van der Waals surface area contributed by atoms with E-state index in [0.29, 0.717) is 47.7 Å². The molecule has 0 saturated carbocycles. The zero-order valence-electron chi connectivity index (χ0n) is 20.1. The molecular weight excluding hydrogens is 483 g/mol. The van der Waals surface area contributed by atoms with E-state index in [0.717, 1.165) is 4.90 Å². The number of urea groups is 1. The molecule has 0 bridgehead atoms. The molecular formula is C27H24ClFN4O3. The van der Waals surface area contributed by atoms with Crippen molar-refractivity contribution in [1.29, 1.82) is 0 Å². The third-order valence-corrected chi connectivity index (χ3v) is 6.73. The number of anilines is 1. The standard InChI is InChI=1S/C27H24ClFN4O3/c1-17-23(11-10-22(30-4)24(17)28)33-25(34)27(2,3)32(26(33)35)14-5-15-36-19-8-6-18(7-9-19)20-12-13-31-16-21(20)29/h6-13,16H,5,14-15H2,1-3H3. The molecule has 0 aliphatic carbocycles. The van der Waals surface area contributed by atoms with Crippen LogP contribution >= 0.6 is 11.6 Å². The number of hydrogen-bond acceptors (Lipinski definition) is 4. The highest BCUT2D eigenvalue weighted by molar-refractivity contribution is 6.35. The van der Waals surface area contributed by atoms with Gasteiger partial charge in [0.2, 0.25) is 5.69 Å². The van der Waals surface area contributed by atoms with Crippen LogP contribution in [0.5, 0.6) is 5.75 Å². The van der Waals surface area contributed by atoms with E-state index in [9.17, 15) is 14.0 Å². The number of aromatic nitrogens is 1. The van der Waals surface area contributed by atoms with Crippen molar-refractivity contribution in [2.75, 3.05) is 18.1 Å². The molecule has 1 saturated heterocycles. The highest BCUT2D eigenvalue weighted by atomic mass is 35.5. The Morgan fingerprint density at radius 2 is 1.86 bits per heavy atom. The summed E-state index contributed by atoms with van der Waals surface area (Å²) in [5.74, 6) is -0.141. The van der Waals surface area contributed by atoms with Gasteiger partial charge >= 0.3 is 6.03 Å². The molecule has 0 radical (unpaired) electrons. The van der Waals surface area contributed by atoms with Crippen LogP contribution in [0.2, 0.25) is 5.02 Å². The lowest BCUT2D eigenvalue weighted by Crippen LogP contribution is -2.44. The van der Waals surface area contributed by atoms with Crippen molar-refractivity contribution >= 4 is 34.9 Å². The predicted octanol–water partition coefficient (Wildman–Crippen LogP) is 6.42. The average molecular weight is 507 g/mol. The van der Waals surface area contributed by atoms with Gasteiger partial charge in [-0.3, -0.25) is 9.78 Å². The van der Waals surface area contributed by atoms with Crippen LogP contribution in [0.4, 0.5) is 20.6 Å². The van der Waals surface area contributed by atoms with Gasteiger partial charge in [0.15, 0.2) is 0 Å². The van der Waals surface area contributed by atoms with Crippen LogP contribution in [0, 0.1) is 19.3 Å². The first kappa shape index (κ1) is 25.1. The fraction of sp³-hybridized carbons (Fsp3) is 0.259. The summed E-state index contributed by atoms with van der Waals surface area (Å²) in [5.41, 5.74) is 1.27. The number of ether oxygens (including phenoxy) is 1. The molecule has 0 spiro atoms. The zero-order valence-corrected chi connectivity index (χ0v) is 20.8. The van der Waals surface area contributed by atoms with Crippen molar-refractivity contribution < 1.29 is 18.7 Å². The Morgan fingerprint density at radius 3 is 2.53 bits per heavy atom. The number of carbonyl (C=O) groups is 2. The summed E-state index contributed by atoms with van der Waals surface area (Å²) in [4.78, 5) is 36.2. The van der Waals surface area contributed by atoms with Gasteiger partial charge in [0.25, 0.3) is 5.91 Å². The van der Waals surface area contributed by atoms with Crippen LogP contribution in [0.3, 0.4) is 0 Å². The summed E-state index contributed by atoms with van der Waals surface area (Å²) in [6.45, 7) is 12.9. The number of pyridine rings is 1. The molecule has 36 heavy (non-hydrogen) atoms. The number of halogens is 2. The second-order valence-electron chi connectivity index (χ2n) is 8.87. The van der Waals surface area contributed by atoms with E-state index in [2.05, 4.69) is 9.83 Å². The third-order valence-electron chi connectivity index (χ3n) is 6.25.